The van der Waals surface area contributed by atoms with Gasteiger partial charge in [-0.2, -0.15) is 0 Å². The summed E-state index contributed by atoms with van der Waals surface area (Å²) in [5, 5.41) is 9.33. The Bertz CT molecular complexity index is 423. The van der Waals surface area contributed by atoms with Gasteiger partial charge >= 0.3 is 0 Å². The molecule has 1 aliphatic heterocycles. The Balaban J connectivity index is 2.40. The highest BCUT2D eigenvalue weighted by molar-refractivity contribution is 5.92. The van der Waals surface area contributed by atoms with Gasteiger partial charge in [0.2, 0.25) is 5.91 Å². The molecule has 1 amide bonds. The van der Waals surface area contributed by atoms with E-state index in [9.17, 15) is 9.90 Å². The van der Waals surface area contributed by atoms with E-state index in [-0.39, 0.29) is 12.5 Å². The molecule has 0 saturated carbocycles. The third-order valence-electron chi connectivity index (χ3n) is 2.92. The van der Waals surface area contributed by atoms with E-state index in [0.29, 0.717) is 13.0 Å². The largest absolute Gasteiger partial charge is 0.392 e. The van der Waals surface area contributed by atoms with Gasteiger partial charge in [-0.25, -0.2) is 0 Å². The third-order valence-corrected chi connectivity index (χ3v) is 2.92. The van der Waals surface area contributed by atoms with Gasteiger partial charge in [0.25, 0.3) is 0 Å². The minimum absolute atomic E-state index is 0.0157. The molecular weight excluding hydrogens is 202 g/mol. The summed E-state index contributed by atoms with van der Waals surface area (Å²) in [6.07, 6.45) is 0.385. The van der Waals surface area contributed by atoms with Crippen molar-refractivity contribution in [2.75, 3.05) is 20.2 Å². The van der Waals surface area contributed by atoms with E-state index < -0.39 is 0 Å². The second kappa shape index (κ2) is 4.49. The van der Waals surface area contributed by atoms with Crippen LogP contribution < -0.4 is 0 Å². The monoisotopic (exact) mass is 217 g/mol. The van der Waals surface area contributed by atoms with Crippen molar-refractivity contribution in [1.29, 1.82) is 0 Å². The van der Waals surface area contributed by atoms with Crippen molar-refractivity contribution in [1.82, 2.24) is 4.90 Å². The molecule has 0 aromatic heterocycles. The van der Waals surface area contributed by atoms with Gasteiger partial charge in [-0.15, -0.1) is 0 Å². The van der Waals surface area contributed by atoms with E-state index in [4.69, 9.17) is 0 Å². The summed E-state index contributed by atoms with van der Waals surface area (Å²) in [6, 6.07) is 9.78. The Hall–Kier alpha value is -1.61. The Morgan fingerprint density at radius 3 is 2.62 bits per heavy atom. The van der Waals surface area contributed by atoms with Crippen LogP contribution in [0.5, 0.6) is 0 Å². The fourth-order valence-electron chi connectivity index (χ4n) is 1.97. The summed E-state index contributed by atoms with van der Waals surface area (Å²) in [4.78, 5) is 13.3. The highest BCUT2D eigenvalue weighted by Crippen LogP contribution is 2.27. The molecule has 1 aliphatic rings. The highest BCUT2D eigenvalue weighted by Gasteiger charge is 2.22. The molecule has 3 nitrogen and oxygen atoms in total. The predicted octanol–water partition coefficient (Wildman–Crippen LogP) is 1.29. The predicted molar refractivity (Wildman–Crippen MR) is 62.7 cm³/mol. The minimum Gasteiger partial charge on any atom is -0.392 e. The van der Waals surface area contributed by atoms with Crippen LogP contribution in [0.2, 0.25) is 0 Å². The zero-order valence-corrected chi connectivity index (χ0v) is 9.31. The molecule has 1 heterocycles. The Kier molecular flexibility index (Phi) is 3.06. The number of amides is 1. The van der Waals surface area contributed by atoms with Gasteiger partial charge in [0.05, 0.1) is 13.0 Å². The summed E-state index contributed by atoms with van der Waals surface area (Å²) >= 11 is 0. The van der Waals surface area contributed by atoms with E-state index in [0.717, 1.165) is 16.7 Å². The first-order valence-corrected chi connectivity index (χ1v) is 5.33. The van der Waals surface area contributed by atoms with Gasteiger partial charge in [-0.05, 0) is 16.7 Å². The molecule has 0 atom stereocenters. The smallest absolute Gasteiger partial charge is 0.227 e. The average Bonchev–Trinajstić information content (AvgIpc) is 2.33. The number of likely N-dealkylation sites (N-methyl/N-ethyl adjacent to an activating group) is 1. The standard InChI is InChI=1S/C13H15NO2/c1-14-8-11(9-15)12(7-13(14)16)10-5-3-2-4-6-10/h2-6,15H,7-9H2,1H3. The average molecular weight is 217 g/mol. The molecule has 1 aromatic carbocycles. The topological polar surface area (TPSA) is 40.5 Å². The third kappa shape index (κ3) is 1.99. The van der Waals surface area contributed by atoms with E-state index in [1.165, 1.54) is 0 Å². The van der Waals surface area contributed by atoms with E-state index in [1.807, 2.05) is 30.3 Å². The maximum atomic E-state index is 11.6. The lowest BCUT2D eigenvalue weighted by Crippen LogP contribution is -2.34. The molecule has 1 N–H and O–H groups in total. The number of aliphatic hydroxyl groups excluding tert-OH is 1. The molecule has 0 radical (unpaired) electrons. The molecule has 2 rings (SSSR count). The molecule has 16 heavy (non-hydrogen) atoms. The first-order chi connectivity index (χ1) is 7.72. The maximum absolute atomic E-state index is 11.6. The van der Waals surface area contributed by atoms with Crippen molar-refractivity contribution >= 4 is 11.5 Å². The van der Waals surface area contributed by atoms with Crippen molar-refractivity contribution in [3.8, 4) is 0 Å². The maximum Gasteiger partial charge on any atom is 0.227 e. The van der Waals surface area contributed by atoms with Crippen LogP contribution in [-0.2, 0) is 4.79 Å². The zero-order chi connectivity index (χ0) is 11.5. The lowest BCUT2D eigenvalue weighted by atomic mass is 9.93. The van der Waals surface area contributed by atoms with Crippen LogP contribution in [0.4, 0.5) is 0 Å². The molecule has 0 aliphatic carbocycles. The number of hydrogen-bond acceptors (Lipinski definition) is 2. The van der Waals surface area contributed by atoms with Gasteiger partial charge in [0.1, 0.15) is 0 Å². The Morgan fingerprint density at radius 1 is 1.31 bits per heavy atom. The summed E-state index contributed by atoms with van der Waals surface area (Å²) in [6.45, 7) is 0.543. The van der Waals surface area contributed by atoms with Crippen LogP contribution in [0.3, 0.4) is 0 Å². The second-order valence-corrected chi connectivity index (χ2v) is 4.03. The van der Waals surface area contributed by atoms with Crippen LogP contribution in [0.25, 0.3) is 5.57 Å². The molecule has 3 heteroatoms. The summed E-state index contributed by atoms with van der Waals surface area (Å²) in [5.74, 6) is 0.107. The molecule has 0 bridgehead atoms. The molecule has 0 unspecified atom stereocenters. The van der Waals surface area contributed by atoms with Gasteiger partial charge in [-0.3, -0.25) is 4.79 Å². The quantitative estimate of drug-likeness (QED) is 0.811. The molecule has 0 fully saturated rings. The van der Waals surface area contributed by atoms with Gasteiger partial charge in [-0.1, -0.05) is 30.3 Å². The zero-order valence-electron chi connectivity index (χ0n) is 9.31. The van der Waals surface area contributed by atoms with Crippen LogP contribution in [0, 0.1) is 0 Å². The van der Waals surface area contributed by atoms with E-state index in [1.54, 1.807) is 11.9 Å². The lowest BCUT2D eigenvalue weighted by molar-refractivity contribution is -0.128. The van der Waals surface area contributed by atoms with Crippen LogP contribution in [-0.4, -0.2) is 36.1 Å². The van der Waals surface area contributed by atoms with Gasteiger partial charge in [0, 0.05) is 13.6 Å². The molecule has 84 valence electrons. The van der Waals surface area contributed by atoms with Crippen molar-refractivity contribution in [3.63, 3.8) is 0 Å². The van der Waals surface area contributed by atoms with Crippen molar-refractivity contribution in [2.24, 2.45) is 0 Å². The number of carbonyl (C=O) groups is 1. The number of hydrogen-bond donors (Lipinski definition) is 1. The highest BCUT2D eigenvalue weighted by atomic mass is 16.3. The first kappa shape index (κ1) is 10.9. The van der Waals surface area contributed by atoms with Crippen LogP contribution >= 0.6 is 0 Å². The number of benzene rings is 1. The lowest BCUT2D eigenvalue weighted by Gasteiger charge is -2.27. The molecular formula is C13H15NO2. The Morgan fingerprint density at radius 2 is 2.00 bits per heavy atom. The van der Waals surface area contributed by atoms with E-state index in [2.05, 4.69) is 0 Å². The first-order valence-electron chi connectivity index (χ1n) is 5.33. The molecule has 0 saturated heterocycles. The minimum atomic E-state index is 0.0157. The van der Waals surface area contributed by atoms with Crippen molar-refractivity contribution < 1.29 is 9.90 Å². The second-order valence-electron chi connectivity index (χ2n) is 4.03. The molecule has 1 aromatic rings. The normalized spacial score (nSPS) is 16.9. The number of aliphatic hydroxyl groups is 1. The summed E-state index contributed by atoms with van der Waals surface area (Å²) < 4.78 is 0. The SMILES string of the molecule is CN1CC(CO)=C(c2ccccc2)CC1=O. The van der Waals surface area contributed by atoms with E-state index >= 15 is 0 Å². The number of nitrogens with zero attached hydrogens (tertiary/aromatic N) is 1. The summed E-state index contributed by atoms with van der Waals surface area (Å²) in [7, 11) is 1.76. The van der Waals surface area contributed by atoms with Crippen molar-refractivity contribution in [2.45, 2.75) is 6.42 Å². The fourth-order valence-corrected chi connectivity index (χ4v) is 1.97. The van der Waals surface area contributed by atoms with Gasteiger partial charge in [0.15, 0.2) is 0 Å². The molecule has 0 spiro atoms. The number of carbonyl (C=O) groups excluding carboxylic acids is 1. The summed E-state index contributed by atoms with van der Waals surface area (Å²) in [5.41, 5.74) is 2.95. The number of rotatable bonds is 2. The van der Waals surface area contributed by atoms with Crippen LogP contribution in [0.1, 0.15) is 12.0 Å². The van der Waals surface area contributed by atoms with Gasteiger partial charge < -0.3 is 10.0 Å². The Labute approximate surface area is 95.0 Å². The fraction of sp³-hybridized carbons (Fsp3) is 0.308. The van der Waals surface area contributed by atoms with Crippen LogP contribution in [0.15, 0.2) is 35.9 Å². The van der Waals surface area contributed by atoms with Crippen molar-refractivity contribution in [3.05, 3.63) is 41.5 Å².